The van der Waals surface area contributed by atoms with E-state index in [-0.39, 0.29) is 0 Å². The number of esters is 1. The van der Waals surface area contributed by atoms with Gasteiger partial charge in [-0.25, -0.2) is 4.79 Å². The number of rotatable bonds is 2. The fraction of sp³-hybridized carbons (Fsp3) is 0.267. The van der Waals surface area contributed by atoms with E-state index in [0.29, 0.717) is 35.3 Å². The van der Waals surface area contributed by atoms with E-state index >= 15 is 0 Å². The Labute approximate surface area is 110 Å². The monoisotopic (exact) mass is 258 g/mol. The molecule has 4 heteroatoms. The van der Waals surface area contributed by atoms with Crippen LogP contribution in [0.5, 0.6) is 0 Å². The minimum atomic E-state index is -0.982. The van der Waals surface area contributed by atoms with Crippen LogP contribution in [-0.2, 0) is 9.53 Å². The molecule has 19 heavy (non-hydrogen) atoms. The van der Waals surface area contributed by atoms with Crippen molar-refractivity contribution in [2.24, 2.45) is 0 Å². The summed E-state index contributed by atoms with van der Waals surface area (Å²) in [6.07, 6.45) is 1.05. The van der Waals surface area contributed by atoms with Gasteiger partial charge in [0.15, 0.2) is 0 Å². The molecular formula is C15H14O4. The van der Waals surface area contributed by atoms with Gasteiger partial charge in [0.2, 0.25) is 0 Å². The van der Waals surface area contributed by atoms with Gasteiger partial charge in [0.05, 0.1) is 11.7 Å². The molecule has 98 valence electrons. The maximum absolute atomic E-state index is 11.9. The van der Waals surface area contributed by atoms with E-state index in [9.17, 15) is 15.0 Å². The second kappa shape index (κ2) is 4.64. The predicted octanol–water partition coefficient (Wildman–Crippen LogP) is 1.61. The summed E-state index contributed by atoms with van der Waals surface area (Å²) in [7, 11) is 0. The van der Waals surface area contributed by atoms with Crippen LogP contribution in [0.4, 0.5) is 0 Å². The zero-order chi connectivity index (χ0) is 13.4. The van der Waals surface area contributed by atoms with Gasteiger partial charge in [-0.3, -0.25) is 0 Å². The highest BCUT2D eigenvalue weighted by Gasteiger charge is 2.36. The van der Waals surface area contributed by atoms with Crippen LogP contribution in [0.15, 0.2) is 53.3 Å². The molecule has 3 rings (SSSR count). The van der Waals surface area contributed by atoms with Crippen molar-refractivity contribution >= 4 is 5.97 Å². The van der Waals surface area contributed by atoms with E-state index in [1.54, 1.807) is 12.1 Å². The molecule has 0 radical (unpaired) electrons. The van der Waals surface area contributed by atoms with Crippen molar-refractivity contribution in [2.75, 3.05) is 0 Å². The largest absolute Gasteiger partial charge is 0.423 e. The smallest absolute Gasteiger partial charge is 0.342 e. The number of aliphatic hydroxyl groups is 2. The lowest BCUT2D eigenvalue weighted by atomic mass is 9.91. The van der Waals surface area contributed by atoms with Gasteiger partial charge in [-0.15, -0.1) is 0 Å². The molecule has 0 bridgehead atoms. The summed E-state index contributed by atoms with van der Waals surface area (Å²) in [6.45, 7) is 0. The van der Waals surface area contributed by atoms with Gasteiger partial charge in [0.25, 0.3) is 0 Å². The molecule has 0 fully saturated rings. The van der Waals surface area contributed by atoms with Crippen molar-refractivity contribution in [3.05, 3.63) is 58.9 Å². The summed E-state index contributed by atoms with van der Waals surface area (Å²) in [5, 5.41) is 19.9. The van der Waals surface area contributed by atoms with Gasteiger partial charge < -0.3 is 14.9 Å². The first kappa shape index (κ1) is 12.1. The van der Waals surface area contributed by atoms with E-state index in [0.717, 1.165) is 0 Å². The molecule has 2 aliphatic rings. The topological polar surface area (TPSA) is 66.8 Å². The van der Waals surface area contributed by atoms with Crippen LogP contribution in [0.3, 0.4) is 0 Å². The minimum absolute atomic E-state index is 0.296. The van der Waals surface area contributed by atoms with Gasteiger partial charge in [0, 0.05) is 5.57 Å². The molecule has 1 aliphatic heterocycles. The molecular weight excluding hydrogens is 244 g/mol. The zero-order valence-electron chi connectivity index (χ0n) is 10.2. The van der Waals surface area contributed by atoms with E-state index in [4.69, 9.17) is 4.74 Å². The first-order chi connectivity index (χ1) is 9.16. The van der Waals surface area contributed by atoms with Gasteiger partial charge in [-0.1, -0.05) is 30.3 Å². The molecule has 4 nitrogen and oxygen atoms in total. The molecule has 1 aliphatic carbocycles. The lowest BCUT2D eigenvalue weighted by molar-refractivity contribution is -0.134. The number of allylic oxidation sites excluding steroid dienone is 1. The number of benzene rings is 1. The standard InChI is InChI=1S/C15H14O4/c16-10-6-7-11-12(8-10)19-15(18)13(11)14(17)9-4-2-1-3-5-9/h1-5,8,10,14,16-17H,6-7H2/t10-,14-/m1/s1. The zero-order valence-corrected chi connectivity index (χ0v) is 10.2. The molecule has 0 saturated carbocycles. The number of hydrogen-bond acceptors (Lipinski definition) is 4. The Bertz CT molecular complexity index is 571. The Morgan fingerprint density at radius 1 is 1.26 bits per heavy atom. The van der Waals surface area contributed by atoms with Crippen LogP contribution in [-0.4, -0.2) is 22.3 Å². The van der Waals surface area contributed by atoms with Crippen molar-refractivity contribution in [3.63, 3.8) is 0 Å². The molecule has 0 aromatic heterocycles. The van der Waals surface area contributed by atoms with Gasteiger partial charge in [0.1, 0.15) is 11.9 Å². The SMILES string of the molecule is O=C1OC2=C[C@H](O)CCC2=C1[C@H](O)c1ccccc1. The number of aliphatic hydroxyl groups excluding tert-OH is 2. The summed E-state index contributed by atoms with van der Waals surface area (Å²) in [5.74, 6) is -0.125. The maximum Gasteiger partial charge on any atom is 0.342 e. The second-order valence-corrected chi connectivity index (χ2v) is 4.73. The molecule has 1 heterocycles. The van der Waals surface area contributed by atoms with E-state index in [1.807, 2.05) is 18.2 Å². The Morgan fingerprint density at radius 2 is 2.00 bits per heavy atom. The number of hydrogen-bond donors (Lipinski definition) is 2. The highest BCUT2D eigenvalue weighted by atomic mass is 16.5. The molecule has 1 aromatic carbocycles. The first-order valence-corrected chi connectivity index (χ1v) is 6.25. The number of carbonyl (C=O) groups excluding carboxylic acids is 1. The number of ether oxygens (including phenoxy) is 1. The van der Waals surface area contributed by atoms with Crippen molar-refractivity contribution < 1.29 is 19.7 Å². The van der Waals surface area contributed by atoms with E-state index < -0.39 is 18.2 Å². The fourth-order valence-electron chi connectivity index (χ4n) is 2.49. The highest BCUT2D eigenvalue weighted by molar-refractivity contribution is 5.95. The minimum Gasteiger partial charge on any atom is -0.423 e. The molecule has 2 atom stereocenters. The molecule has 1 aromatic rings. The van der Waals surface area contributed by atoms with Crippen LogP contribution in [0.1, 0.15) is 24.5 Å². The molecule has 0 unspecified atom stereocenters. The molecule has 0 amide bonds. The second-order valence-electron chi connectivity index (χ2n) is 4.73. The lowest BCUT2D eigenvalue weighted by Crippen LogP contribution is -2.11. The van der Waals surface area contributed by atoms with Crippen molar-refractivity contribution in [1.29, 1.82) is 0 Å². The number of carbonyl (C=O) groups is 1. The Kier molecular flexibility index (Phi) is 2.97. The third-order valence-corrected chi connectivity index (χ3v) is 3.47. The predicted molar refractivity (Wildman–Crippen MR) is 67.8 cm³/mol. The number of fused-ring (bicyclic) bond motifs is 1. The molecule has 0 spiro atoms. The summed E-state index contributed by atoms with van der Waals surface area (Å²) >= 11 is 0. The summed E-state index contributed by atoms with van der Waals surface area (Å²) in [6, 6.07) is 9.01. The third-order valence-electron chi connectivity index (χ3n) is 3.47. The highest BCUT2D eigenvalue weighted by Crippen LogP contribution is 2.39. The Balaban J connectivity index is 2.02. The maximum atomic E-state index is 11.9. The van der Waals surface area contributed by atoms with Crippen LogP contribution >= 0.6 is 0 Å². The Hall–Kier alpha value is -1.91. The van der Waals surface area contributed by atoms with Crippen LogP contribution in [0.25, 0.3) is 0 Å². The summed E-state index contributed by atoms with van der Waals surface area (Å²) in [5.41, 5.74) is 1.67. The van der Waals surface area contributed by atoms with Crippen molar-refractivity contribution in [3.8, 4) is 0 Å². The van der Waals surface area contributed by atoms with Crippen molar-refractivity contribution in [2.45, 2.75) is 25.0 Å². The average molecular weight is 258 g/mol. The van der Waals surface area contributed by atoms with Gasteiger partial charge in [-0.05, 0) is 24.5 Å². The summed E-state index contributed by atoms with van der Waals surface area (Å²) in [4.78, 5) is 11.9. The molecule has 2 N–H and O–H groups in total. The van der Waals surface area contributed by atoms with Crippen LogP contribution in [0, 0.1) is 0 Å². The normalized spacial score (nSPS) is 23.8. The van der Waals surface area contributed by atoms with Crippen molar-refractivity contribution in [1.82, 2.24) is 0 Å². The van der Waals surface area contributed by atoms with Crippen LogP contribution < -0.4 is 0 Å². The van der Waals surface area contributed by atoms with Gasteiger partial charge >= 0.3 is 5.97 Å². The molecule has 0 saturated heterocycles. The first-order valence-electron chi connectivity index (χ1n) is 6.25. The summed E-state index contributed by atoms with van der Waals surface area (Å²) < 4.78 is 5.12. The lowest BCUT2D eigenvalue weighted by Gasteiger charge is -2.16. The van der Waals surface area contributed by atoms with E-state index in [2.05, 4.69) is 0 Å². The van der Waals surface area contributed by atoms with Gasteiger partial charge in [-0.2, -0.15) is 0 Å². The Morgan fingerprint density at radius 3 is 2.74 bits per heavy atom. The fourth-order valence-corrected chi connectivity index (χ4v) is 2.49. The average Bonchev–Trinajstić information content (AvgIpc) is 2.74. The van der Waals surface area contributed by atoms with Crippen LogP contribution in [0.2, 0.25) is 0 Å². The van der Waals surface area contributed by atoms with E-state index in [1.165, 1.54) is 6.08 Å². The quantitative estimate of drug-likeness (QED) is 0.791. The third kappa shape index (κ3) is 2.09.